The summed E-state index contributed by atoms with van der Waals surface area (Å²) in [6, 6.07) is 3.89. The summed E-state index contributed by atoms with van der Waals surface area (Å²) in [6.07, 6.45) is 2.31. The third kappa shape index (κ3) is 6.32. The Kier molecular flexibility index (Phi) is 11.1. The lowest BCUT2D eigenvalue weighted by atomic mass is 10.0. The van der Waals surface area contributed by atoms with E-state index in [9.17, 15) is 15.4 Å². The highest BCUT2D eigenvalue weighted by atomic mass is 28.4. The van der Waals surface area contributed by atoms with Gasteiger partial charge in [0.25, 0.3) is 5.69 Å². The number of rotatable bonds is 12. The standard InChI is InChI=1S/C29H49N3O5Si2/c1-18(2)38(19(3)4,20(5)6)36-27-15-26(24-13-14-31-17-25(24)32(33)34)35-28(16-30)29(27)37-39(21(7)8,22(9)10)23(11)12/h13-15,17-23,27-29H,1-12H3/t27-,28-,29+/m1/s1. The van der Waals surface area contributed by atoms with Crippen LogP contribution in [0.3, 0.4) is 0 Å². The van der Waals surface area contributed by atoms with Gasteiger partial charge in [-0.05, 0) is 45.4 Å². The predicted molar refractivity (Wildman–Crippen MR) is 161 cm³/mol. The summed E-state index contributed by atoms with van der Waals surface area (Å²) >= 11 is 0. The molecule has 3 atom stereocenters. The normalized spacial score (nSPS) is 20.6. The Morgan fingerprint density at radius 1 is 0.897 bits per heavy atom. The van der Waals surface area contributed by atoms with Crippen molar-refractivity contribution < 1.29 is 18.5 Å². The van der Waals surface area contributed by atoms with Crippen LogP contribution >= 0.6 is 0 Å². The van der Waals surface area contributed by atoms with Crippen molar-refractivity contribution in [2.75, 3.05) is 0 Å². The van der Waals surface area contributed by atoms with E-state index in [0.717, 1.165) is 0 Å². The second-order valence-corrected chi connectivity index (χ2v) is 23.5. The molecule has 8 nitrogen and oxygen atoms in total. The number of hydrogen-bond acceptors (Lipinski definition) is 7. The summed E-state index contributed by atoms with van der Waals surface area (Å²) in [5.41, 5.74) is 1.91. The number of ether oxygens (including phenoxy) is 1. The third-order valence-corrected chi connectivity index (χ3v) is 20.9. The van der Waals surface area contributed by atoms with Gasteiger partial charge in [0.05, 0.1) is 16.6 Å². The summed E-state index contributed by atoms with van der Waals surface area (Å²) in [6.45, 7) is 26.6. The molecule has 0 bridgehead atoms. The van der Waals surface area contributed by atoms with Crippen molar-refractivity contribution in [3.63, 3.8) is 0 Å². The third-order valence-electron chi connectivity index (χ3n) is 8.68. The maximum atomic E-state index is 11.8. The van der Waals surface area contributed by atoms with Crippen molar-refractivity contribution in [1.82, 2.24) is 4.98 Å². The Balaban J connectivity index is 2.84. The van der Waals surface area contributed by atoms with Crippen LogP contribution in [-0.2, 0) is 13.6 Å². The van der Waals surface area contributed by atoms with Crippen LogP contribution in [0.25, 0.3) is 5.76 Å². The van der Waals surface area contributed by atoms with Gasteiger partial charge in [-0.25, -0.2) is 0 Å². The lowest BCUT2D eigenvalue weighted by molar-refractivity contribution is -0.385. The first-order valence-electron chi connectivity index (χ1n) is 14.3. The van der Waals surface area contributed by atoms with Gasteiger partial charge in [0.1, 0.15) is 24.1 Å². The van der Waals surface area contributed by atoms with Crippen molar-refractivity contribution >= 4 is 28.1 Å². The molecule has 0 unspecified atom stereocenters. The molecule has 1 aromatic heterocycles. The Labute approximate surface area is 237 Å². The average Bonchev–Trinajstić information content (AvgIpc) is 2.84. The molecule has 10 heteroatoms. The van der Waals surface area contributed by atoms with Gasteiger partial charge in [0, 0.05) is 6.20 Å². The fraction of sp³-hybridized carbons (Fsp3) is 0.724. The Morgan fingerprint density at radius 2 is 1.36 bits per heavy atom. The molecule has 1 aliphatic rings. The van der Waals surface area contributed by atoms with E-state index >= 15 is 0 Å². The van der Waals surface area contributed by atoms with E-state index in [4.69, 9.17) is 13.6 Å². The van der Waals surface area contributed by atoms with Gasteiger partial charge >= 0.3 is 0 Å². The highest BCUT2D eigenvalue weighted by Gasteiger charge is 2.54. The minimum atomic E-state index is -2.45. The molecule has 218 valence electrons. The van der Waals surface area contributed by atoms with Gasteiger partial charge in [0.15, 0.2) is 0 Å². The SMILES string of the molecule is CC(C)[Si](O[C@@H]1[C@@H](C#N)OC(c2ccncc2[N+](=O)[O-])=C[C@H]1O[Si](C(C)C)(C(C)C)C(C)C)(C(C)C)C(C)C. The average molecular weight is 576 g/mol. The van der Waals surface area contributed by atoms with Crippen LogP contribution in [0, 0.1) is 21.4 Å². The maximum Gasteiger partial charge on any atom is 0.298 e. The summed E-state index contributed by atoms with van der Waals surface area (Å²) in [5, 5.41) is 22.2. The van der Waals surface area contributed by atoms with Crippen LogP contribution in [0.15, 0.2) is 24.5 Å². The zero-order valence-corrected chi connectivity index (χ0v) is 27.9. The van der Waals surface area contributed by atoms with Gasteiger partial charge < -0.3 is 13.6 Å². The minimum absolute atomic E-state index is 0.172. The van der Waals surface area contributed by atoms with Crippen LogP contribution in [0.1, 0.15) is 88.6 Å². The first-order chi connectivity index (χ1) is 18.1. The molecule has 2 heterocycles. The molecule has 39 heavy (non-hydrogen) atoms. The molecular weight excluding hydrogens is 527 g/mol. The molecule has 0 radical (unpaired) electrons. The topological polar surface area (TPSA) is 108 Å². The fourth-order valence-corrected chi connectivity index (χ4v) is 18.2. The molecule has 0 aliphatic carbocycles. The molecule has 0 spiro atoms. The molecule has 0 amide bonds. The number of nitrogens with zero attached hydrogens (tertiary/aromatic N) is 3. The Bertz CT molecular complexity index is 1020. The summed E-state index contributed by atoms with van der Waals surface area (Å²) in [4.78, 5) is 15.3. The van der Waals surface area contributed by atoms with Gasteiger partial charge in [0.2, 0.25) is 22.7 Å². The van der Waals surface area contributed by atoms with E-state index in [1.165, 1.54) is 12.4 Å². The first kappa shape index (κ1) is 33.1. The number of nitriles is 1. The number of pyridine rings is 1. The molecule has 2 rings (SSSR count). The van der Waals surface area contributed by atoms with Gasteiger partial charge in [-0.2, -0.15) is 5.26 Å². The fourth-order valence-electron chi connectivity index (χ4n) is 7.17. The smallest absolute Gasteiger partial charge is 0.298 e. The molecule has 1 aliphatic heterocycles. The molecule has 0 saturated carbocycles. The first-order valence-corrected chi connectivity index (χ1v) is 18.6. The second-order valence-electron chi connectivity index (χ2n) is 12.6. The molecule has 0 aromatic carbocycles. The number of nitro groups is 1. The van der Waals surface area contributed by atoms with E-state index in [2.05, 4.69) is 94.1 Å². The monoisotopic (exact) mass is 575 g/mol. The molecule has 0 N–H and O–H groups in total. The number of aromatic nitrogens is 1. The van der Waals surface area contributed by atoms with Crippen molar-refractivity contribution in [3.05, 3.63) is 40.2 Å². The lowest BCUT2D eigenvalue weighted by Crippen LogP contribution is -2.59. The minimum Gasteiger partial charge on any atom is -0.472 e. The largest absolute Gasteiger partial charge is 0.472 e. The zero-order valence-electron chi connectivity index (χ0n) is 25.9. The van der Waals surface area contributed by atoms with Crippen molar-refractivity contribution in [2.24, 2.45) is 0 Å². The van der Waals surface area contributed by atoms with E-state index in [1.54, 1.807) is 6.07 Å². The van der Waals surface area contributed by atoms with Crippen molar-refractivity contribution in [3.8, 4) is 6.07 Å². The van der Waals surface area contributed by atoms with E-state index in [-0.39, 0.29) is 17.0 Å². The molecule has 1 aromatic rings. The van der Waals surface area contributed by atoms with Crippen LogP contribution in [0.5, 0.6) is 0 Å². The lowest BCUT2D eigenvalue weighted by Gasteiger charge is -2.50. The van der Waals surface area contributed by atoms with E-state index in [1.807, 2.05) is 6.08 Å². The van der Waals surface area contributed by atoms with Gasteiger partial charge in [-0.3, -0.25) is 15.1 Å². The summed E-state index contributed by atoms with van der Waals surface area (Å²) in [5.74, 6) is 0.269. The molecule has 0 fully saturated rings. The summed E-state index contributed by atoms with van der Waals surface area (Å²) < 4.78 is 20.7. The van der Waals surface area contributed by atoms with Crippen molar-refractivity contribution in [2.45, 2.75) is 135 Å². The van der Waals surface area contributed by atoms with Gasteiger partial charge in [-0.15, -0.1) is 0 Å². The Hall–Kier alpha value is -2.07. The zero-order chi connectivity index (χ0) is 29.9. The van der Waals surface area contributed by atoms with E-state index < -0.39 is 39.9 Å². The second kappa shape index (κ2) is 13.1. The van der Waals surface area contributed by atoms with E-state index in [0.29, 0.717) is 33.2 Å². The highest BCUT2D eigenvalue weighted by Crippen LogP contribution is 2.48. The highest BCUT2D eigenvalue weighted by molar-refractivity contribution is 6.78. The van der Waals surface area contributed by atoms with Crippen LogP contribution in [-0.4, -0.2) is 44.9 Å². The quantitative estimate of drug-likeness (QED) is 0.140. The maximum absolute atomic E-state index is 11.8. The summed E-state index contributed by atoms with van der Waals surface area (Å²) in [7, 11) is -4.89. The van der Waals surface area contributed by atoms with Crippen molar-refractivity contribution in [1.29, 1.82) is 5.26 Å². The van der Waals surface area contributed by atoms with Crippen LogP contribution < -0.4 is 0 Å². The predicted octanol–water partition coefficient (Wildman–Crippen LogP) is 8.37. The molecule has 0 saturated heterocycles. The van der Waals surface area contributed by atoms with Crippen LogP contribution in [0.2, 0.25) is 33.2 Å². The molecular formula is C29H49N3O5Si2. The number of hydrogen-bond donors (Lipinski definition) is 0. The van der Waals surface area contributed by atoms with Gasteiger partial charge in [-0.1, -0.05) is 83.1 Å². The van der Waals surface area contributed by atoms with Crippen LogP contribution in [0.4, 0.5) is 5.69 Å². The Morgan fingerprint density at radius 3 is 1.77 bits per heavy atom.